The van der Waals surface area contributed by atoms with Crippen LogP contribution in [-0.2, 0) is 10.3 Å². The Bertz CT molecular complexity index is 689. The highest BCUT2D eigenvalue weighted by atomic mass is 16.6. The Morgan fingerprint density at radius 2 is 2.30 bits per heavy atom. The molecule has 2 unspecified atom stereocenters. The van der Waals surface area contributed by atoms with E-state index in [9.17, 15) is 14.9 Å². The number of nitrogens with zero attached hydrogens (tertiary/aromatic N) is 2. The van der Waals surface area contributed by atoms with Crippen molar-refractivity contribution in [2.75, 3.05) is 19.7 Å². The molecule has 1 aromatic rings. The summed E-state index contributed by atoms with van der Waals surface area (Å²) < 4.78 is 5.91. The van der Waals surface area contributed by atoms with Crippen LogP contribution in [0.3, 0.4) is 0 Å². The van der Waals surface area contributed by atoms with Gasteiger partial charge in [-0.1, -0.05) is 12.1 Å². The van der Waals surface area contributed by atoms with E-state index in [1.807, 2.05) is 24.0 Å². The molecule has 4 rings (SSSR count). The van der Waals surface area contributed by atoms with Crippen LogP contribution in [0.1, 0.15) is 30.4 Å². The molecule has 23 heavy (non-hydrogen) atoms. The number of fused-ring (bicyclic) bond motifs is 1. The second-order valence-corrected chi connectivity index (χ2v) is 6.94. The summed E-state index contributed by atoms with van der Waals surface area (Å²) >= 11 is 0. The van der Waals surface area contributed by atoms with Gasteiger partial charge in [0.25, 0.3) is 0 Å². The van der Waals surface area contributed by atoms with Crippen molar-refractivity contribution in [1.82, 2.24) is 4.90 Å². The van der Waals surface area contributed by atoms with Gasteiger partial charge >= 0.3 is 0 Å². The molecule has 0 bridgehead atoms. The molecule has 3 aliphatic rings. The zero-order valence-electron chi connectivity index (χ0n) is 13.2. The van der Waals surface area contributed by atoms with Crippen molar-refractivity contribution in [2.45, 2.75) is 31.7 Å². The van der Waals surface area contributed by atoms with Crippen LogP contribution in [0.25, 0.3) is 0 Å². The zero-order valence-corrected chi connectivity index (χ0v) is 13.2. The standard InChI is InChI=1S/C17H20N2O4/c1-11-2-3-13-15(8-11)23-7-6-18-16(20)9-14-12(10-19(21)22)4-5-17(13,14)18/h2-3,8,12,14H,4-7,9-10H2,1H3/t12-,14?,17?/m0/s1. The Balaban J connectivity index is 1.85. The smallest absolute Gasteiger partial charge is 0.223 e. The summed E-state index contributed by atoms with van der Waals surface area (Å²) in [5.74, 6) is 0.934. The van der Waals surface area contributed by atoms with Gasteiger partial charge in [-0.3, -0.25) is 14.9 Å². The Labute approximate surface area is 134 Å². The molecule has 1 amide bonds. The fraction of sp³-hybridized carbons (Fsp3) is 0.588. The number of hydrogen-bond acceptors (Lipinski definition) is 4. The van der Waals surface area contributed by atoms with Crippen molar-refractivity contribution in [3.05, 3.63) is 39.4 Å². The summed E-state index contributed by atoms with van der Waals surface area (Å²) in [6, 6.07) is 6.12. The molecule has 2 heterocycles. The summed E-state index contributed by atoms with van der Waals surface area (Å²) in [7, 11) is 0. The molecule has 2 aliphatic heterocycles. The van der Waals surface area contributed by atoms with Crippen LogP contribution in [0, 0.1) is 28.9 Å². The minimum absolute atomic E-state index is 0.0172. The minimum Gasteiger partial charge on any atom is -0.491 e. The second-order valence-electron chi connectivity index (χ2n) is 6.94. The first-order valence-electron chi connectivity index (χ1n) is 8.18. The molecular formula is C17H20N2O4. The van der Waals surface area contributed by atoms with Crippen LogP contribution in [0.4, 0.5) is 0 Å². The van der Waals surface area contributed by atoms with E-state index < -0.39 is 5.54 Å². The normalized spacial score (nSPS) is 31.9. The van der Waals surface area contributed by atoms with Crippen molar-refractivity contribution in [1.29, 1.82) is 0 Å². The topological polar surface area (TPSA) is 72.7 Å². The van der Waals surface area contributed by atoms with Gasteiger partial charge < -0.3 is 9.64 Å². The highest BCUT2D eigenvalue weighted by Gasteiger charge is 2.61. The van der Waals surface area contributed by atoms with Crippen LogP contribution in [-0.4, -0.2) is 35.4 Å². The lowest BCUT2D eigenvalue weighted by atomic mass is 9.78. The number of benzene rings is 1. The predicted octanol–water partition coefficient (Wildman–Crippen LogP) is 2.12. The van der Waals surface area contributed by atoms with Gasteiger partial charge in [-0.05, 0) is 31.4 Å². The molecule has 1 spiro atoms. The summed E-state index contributed by atoms with van der Waals surface area (Å²) in [6.07, 6.45) is 2.01. The monoisotopic (exact) mass is 316 g/mol. The molecule has 2 fully saturated rings. The first-order chi connectivity index (χ1) is 11.0. The summed E-state index contributed by atoms with van der Waals surface area (Å²) in [5.41, 5.74) is 1.76. The van der Waals surface area contributed by atoms with Crippen molar-refractivity contribution >= 4 is 5.91 Å². The van der Waals surface area contributed by atoms with E-state index in [1.165, 1.54) is 0 Å². The lowest BCUT2D eigenvalue weighted by Gasteiger charge is -2.38. The maximum atomic E-state index is 12.6. The minimum atomic E-state index is -0.405. The number of carbonyl (C=O) groups is 1. The van der Waals surface area contributed by atoms with Gasteiger partial charge in [0.15, 0.2) is 0 Å². The van der Waals surface area contributed by atoms with E-state index in [4.69, 9.17) is 4.74 Å². The van der Waals surface area contributed by atoms with Gasteiger partial charge in [0.05, 0.1) is 12.1 Å². The van der Waals surface area contributed by atoms with Gasteiger partial charge in [-0.15, -0.1) is 0 Å². The molecule has 6 nitrogen and oxygen atoms in total. The van der Waals surface area contributed by atoms with E-state index in [0.29, 0.717) is 19.6 Å². The molecule has 122 valence electrons. The van der Waals surface area contributed by atoms with Crippen LogP contribution in [0.15, 0.2) is 18.2 Å². The SMILES string of the molecule is Cc1ccc2c(c1)OCCN1C(=O)CC3[C@H](C[N+](=O)[O-])CCC231. The Morgan fingerprint density at radius 1 is 1.48 bits per heavy atom. The molecule has 1 saturated carbocycles. The Kier molecular flexibility index (Phi) is 3.11. The van der Waals surface area contributed by atoms with Crippen LogP contribution >= 0.6 is 0 Å². The third-order valence-corrected chi connectivity index (χ3v) is 5.82. The lowest BCUT2D eigenvalue weighted by molar-refractivity contribution is -0.489. The Hall–Kier alpha value is -2.11. The fourth-order valence-corrected chi connectivity index (χ4v) is 4.94. The third-order valence-electron chi connectivity index (χ3n) is 5.82. The second kappa shape index (κ2) is 4.94. The maximum absolute atomic E-state index is 12.6. The van der Waals surface area contributed by atoms with Gasteiger partial charge in [-0.25, -0.2) is 0 Å². The maximum Gasteiger partial charge on any atom is 0.223 e. The van der Waals surface area contributed by atoms with Gasteiger partial charge in [0, 0.05) is 28.7 Å². The van der Waals surface area contributed by atoms with Gasteiger partial charge in [0.1, 0.15) is 12.4 Å². The first-order valence-corrected chi connectivity index (χ1v) is 8.18. The van der Waals surface area contributed by atoms with Crippen molar-refractivity contribution in [3.63, 3.8) is 0 Å². The highest BCUT2D eigenvalue weighted by Crippen LogP contribution is 2.59. The summed E-state index contributed by atoms with van der Waals surface area (Å²) in [6.45, 7) is 3.02. The van der Waals surface area contributed by atoms with Crippen molar-refractivity contribution in [2.24, 2.45) is 11.8 Å². The summed E-state index contributed by atoms with van der Waals surface area (Å²) in [5, 5.41) is 11.0. The zero-order chi connectivity index (χ0) is 16.2. The van der Waals surface area contributed by atoms with E-state index in [-0.39, 0.29) is 29.2 Å². The Morgan fingerprint density at radius 3 is 3.09 bits per heavy atom. The van der Waals surface area contributed by atoms with Crippen molar-refractivity contribution < 1.29 is 14.5 Å². The van der Waals surface area contributed by atoms with E-state index in [0.717, 1.165) is 29.7 Å². The number of ether oxygens (including phenoxy) is 1. The predicted molar refractivity (Wildman–Crippen MR) is 82.8 cm³/mol. The summed E-state index contributed by atoms with van der Waals surface area (Å²) in [4.78, 5) is 25.3. The molecule has 1 aromatic carbocycles. The number of rotatable bonds is 2. The number of hydrogen-bond donors (Lipinski definition) is 0. The largest absolute Gasteiger partial charge is 0.491 e. The highest BCUT2D eigenvalue weighted by molar-refractivity contribution is 5.81. The number of nitro groups is 1. The average Bonchev–Trinajstić information content (AvgIpc) is 2.89. The molecule has 0 radical (unpaired) electrons. The number of amides is 1. The van der Waals surface area contributed by atoms with Crippen LogP contribution in [0.2, 0.25) is 0 Å². The quantitative estimate of drug-likeness (QED) is 0.619. The number of carbonyl (C=O) groups excluding carboxylic acids is 1. The number of aryl methyl sites for hydroxylation is 1. The lowest BCUT2D eigenvalue weighted by Crippen LogP contribution is -2.45. The molecule has 3 atom stereocenters. The molecule has 0 N–H and O–H groups in total. The van der Waals surface area contributed by atoms with Gasteiger partial charge in [-0.2, -0.15) is 0 Å². The molecule has 0 aromatic heterocycles. The molecule has 1 saturated heterocycles. The third kappa shape index (κ3) is 1.97. The van der Waals surface area contributed by atoms with E-state index in [2.05, 4.69) is 6.07 Å². The first kappa shape index (κ1) is 14.5. The van der Waals surface area contributed by atoms with E-state index >= 15 is 0 Å². The molecular weight excluding hydrogens is 296 g/mol. The van der Waals surface area contributed by atoms with Crippen LogP contribution < -0.4 is 4.74 Å². The molecule has 1 aliphatic carbocycles. The average molecular weight is 316 g/mol. The van der Waals surface area contributed by atoms with Gasteiger partial charge in [0.2, 0.25) is 12.5 Å². The molecule has 6 heteroatoms. The van der Waals surface area contributed by atoms with Crippen molar-refractivity contribution in [3.8, 4) is 5.75 Å². The fourth-order valence-electron chi connectivity index (χ4n) is 4.94. The van der Waals surface area contributed by atoms with Crippen LogP contribution in [0.5, 0.6) is 5.75 Å². The van der Waals surface area contributed by atoms with E-state index in [1.54, 1.807) is 0 Å².